The predicted octanol–water partition coefficient (Wildman–Crippen LogP) is 5.48. The molecule has 0 aliphatic carbocycles. The number of oxazole rings is 1. The number of aryl methyl sites for hydroxylation is 3. The monoisotopic (exact) mass is 469 g/mol. The summed E-state index contributed by atoms with van der Waals surface area (Å²) in [7, 11) is 0. The van der Waals surface area contributed by atoms with Crippen molar-refractivity contribution in [3.05, 3.63) is 76.6 Å². The second-order valence-corrected chi connectivity index (χ2v) is 9.01. The van der Waals surface area contributed by atoms with Crippen LogP contribution >= 0.6 is 0 Å². The maximum Gasteiger partial charge on any atom is 0.236 e. The zero-order chi connectivity index (χ0) is 24.4. The highest BCUT2D eigenvalue weighted by atomic mass is 16.5. The number of piperidine rings is 1. The lowest BCUT2D eigenvalue weighted by molar-refractivity contribution is 0.261. The molecule has 8 nitrogen and oxygen atoms in total. The maximum atomic E-state index is 9.61. The summed E-state index contributed by atoms with van der Waals surface area (Å²) in [5.74, 6) is 3.09. The Bertz CT molecular complexity index is 1360. The quantitative estimate of drug-likeness (QED) is 0.366. The summed E-state index contributed by atoms with van der Waals surface area (Å²) in [4.78, 5) is 11.0. The summed E-state index contributed by atoms with van der Waals surface area (Å²) in [6.45, 7) is 7.66. The summed E-state index contributed by atoms with van der Waals surface area (Å²) in [6, 6.07) is 16.2. The predicted molar refractivity (Wildman–Crippen MR) is 130 cm³/mol. The van der Waals surface area contributed by atoms with Gasteiger partial charge in [-0.1, -0.05) is 52.7 Å². The van der Waals surface area contributed by atoms with Gasteiger partial charge in [-0.2, -0.15) is 15.2 Å². The molecule has 1 saturated heterocycles. The highest BCUT2D eigenvalue weighted by molar-refractivity contribution is 5.54. The molecule has 0 radical (unpaired) electrons. The number of hydrogen-bond donors (Lipinski definition) is 0. The second kappa shape index (κ2) is 9.63. The van der Waals surface area contributed by atoms with Gasteiger partial charge in [0.2, 0.25) is 29.2 Å². The zero-order valence-corrected chi connectivity index (χ0v) is 20.1. The first-order valence-electron chi connectivity index (χ1n) is 11.8. The molecule has 0 N–H and O–H groups in total. The molecule has 1 aliphatic rings. The van der Waals surface area contributed by atoms with Gasteiger partial charge in [0.1, 0.15) is 11.8 Å². The fraction of sp³-hybridized carbons (Fsp3) is 0.333. The normalized spacial score (nSPS) is 14.2. The number of benzene rings is 2. The second-order valence-electron chi connectivity index (χ2n) is 9.01. The van der Waals surface area contributed by atoms with Gasteiger partial charge >= 0.3 is 0 Å². The average molecular weight is 470 g/mol. The Kier molecular flexibility index (Phi) is 6.23. The van der Waals surface area contributed by atoms with Crippen LogP contribution in [-0.4, -0.2) is 28.2 Å². The van der Waals surface area contributed by atoms with Crippen LogP contribution in [0.4, 0.5) is 5.88 Å². The molecule has 0 saturated carbocycles. The van der Waals surface area contributed by atoms with Crippen LogP contribution in [0.2, 0.25) is 0 Å². The molecule has 1 aliphatic heterocycles. The summed E-state index contributed by atoms with van der Waals surface area (Å²) in [5, 5.41) is 13.8. The summed E-state index contributed by atoms with van der Waals surface area (Å²) in [6.07, 6.45) is 1.63. The first-order valence-corrected chi connectivity index (χ1v) is 11.8. The smallest absolute Gasteiger partial charge is 0.236 e. The Hall–Kier alpha value is -4.12. The molecule has 0 bridgehead atoms. The van der Waals surface area contributed by atoms with E-state index in [2.05, 4.69) is 32.2 Å². The van der Waals surface area contributed by atoms with E-state index in [0.717, 1.165) is 29.7 Å². The topological polar surface area (TPSA) is 101 Å². The number of nitrogens with zero attached hydrogens (tertiary/aromatic N) is 5. The molecule has 5 rings (SSSR count). The van der Waals surface area contributed by atoms with Gasteiger partial charge in [0.05, 0.1) is 0 Å². The molecule has 2 aromatic heterocycles. The van der Waals surface area contributed by atoms with Crippen LogP contribution in [-0.2, 0) is 6.61 Å². The van der Waals surface area contributed by atoms with Crippen LogP contribution in [0, 0.1) is 32.1 Å². The fourth-order valence-electron chi connectivity index (χ4n) is 4.36. The van der Waals surface area contributed by atoms with Crippen LogP contribution in [0.3, 0.4) is 0 Å². The van der Waals surface area contributed by atoms with Crippen LogP contribution in [0.25, 0.3) is 11.4 Å². The van der Waals surface area contributed by atoms with Crippen molar-refractivity contribution in [2.24, 2.45) is 0 Å². The Morgan fingerprint density at radius 3 is 2.49 bits per heavy atom. The average Bonchev–Trinajstić information content (AvgIpc) is 3.52. The van der Waals surface area contributed by atoms with E-state index in [1.165, 1.54) is 11.1 Å². The maximum absolute atomic E-state index is 9.61. The van der Waals surface area contributed by atoms with Crippen LogP contribution in [0.1, 0.15) is 52.9 Å². The van der Waals surface area contributed by atoms with E-state index in [9.17, 15) is 5.26 Å². The van der Waals surface area contributed by atoms with Gasteiger partial charge in [-0.15, -0.1) is 0 Å². The van der Waals surface area contributed by atoms with Gasteiger partial charge in [0, 0.05) is 24.6 Å². The first-order chi connectivity index (χ1) is 17.0. The van der Waals surface area contributed by atoms with Crippen molar-refractivity contribution in [1.82, 2.24) is 15.1 Å². The lowest BCUT2D eigenvalue weighted by Crippen LogP contribution is -2.33. The van der Waals surface area contributed by atoms with Crippen molar-refractivity contribution in [2.75, 3.05) is 18.0 Å². The molecule has 35 heavy (non-hydrogen) atoms. The zero-order valence-electron chi connectivity index (χ0n) is 20.1. The minimum atomic E-state index is 0.165. The van der Waals surface area contributed by atoms with Crippen molar-refractivity contribution in [1.29, 1.82) is 5.26 Å². The number of rotatable bonds is 6. The minimum absolute atomic E-state index is 0.165. The van der Waals surface area contributed by atoms with E-state index in [-0.39, 0.29) is 18.2 Å². The van der Waals surface area contributed by atoms with E-state index in [0.29, 0.717) is 36.6 Å². The Morgan fingerprint density at radius 2 is 1.77 bits per heavy atom. The molecule has 0 amide bonds. The van der Waals surface area contributed by atoms with E-state index in [4.69, 9.17) is 13.7 Å². The summed E-state index contributed by atoms with van der Waals surface area (Å²) < 4.78 is 17.4. The van der Waals surface area contributed by atoms with Gasteiger partial charge in [0.25, 0.3) is 0 Å². The van der Waals surface area contributed by atoms with Gasteiger partial charge in [-0.05, 0) is 45.2 Å². The number of ether oxygens (including phenoxy) is 1. The molecule has 178 valence electrons. The molecular formula is C27H27N5O3. The summed E-state index contributed by atoms with van der Waals surface area (Å²) in [5.41, 5.74) is 4.64. The number of anilines is 1. The van der Waals surface area contributed by atoms with Gasteiger partial charge in [-0.3, -0.25) is 0 Å². The molecule has 4 aromatic rings. The van der Waals surface area contributed by atoms with E-state index in [1.54, 1.807) is 0 Å². The van der Waals surface area contributed by atoms with Crippen molar-refractivity contribution < 1.29 is 13.7 Å². The SMILES string of the molecule is Cc1ccc(-c2noc(C3CCN(c4oc(COc5ccc(C)cc5C)nc4C#N)CC3)n2)cc1. The van der Waals surface area contributed by atoms with E-state index >= 15 is 0 Å². The van der Waals surface area contributed by atoms with Crippen molar-refractivity contribution in [3.63, 3.8) is 0 Å². The molecule has 8 heteroatoms. The third-order valence-corrected chi connectivity index (χ3v) is 6.32. The Morgan fingerprint density at radius 1 is 1.03 bits per heavy atom. The van der Waals surface area contributed by atoms with Gasteiger partial charge in [0.15, 0.2) is 6.61 Å². The third-order valence-electron chi connectivity index (χ3n) is 6.32. The fourth-order valence-corrected chi connectivity index (χ4v) is 4.36. The third kappa shape index (κ3) is 4.90. The molecule has 0 spiro atoms. The molecule has 0 unspecified atom stereocenters. The molecule has 1 fully saturated rings. The first kappa shape index (κ1) is 22.7. The molecular weight excluding hydrogens is 442 g/mol. The van der Waals surface area contributed by atoms with Crippen molar-refractivity contribution >= 4 is 5.88 Å². The van der Waals surface area contributed by atoms with Crippen LogP contribution in [0.5, 0.6) is 5.75 Å². The van der Waals surface area contributed by atoms with Gasteiger partial charge < -0.3 is 18.6 Å². The van der Waals surface area contributed by atoms with E-state index in [1.807, 2.05) is 57.2 Å². The number of hydrogen-bond acceptors (Lipinski definition) is 8. The van der Waals surface area contributed by atoms with Crippen LogP contribution in [0.15, 0.2) is 51.4 Å². The number of nitriles is 1. The van der Waals surface area contributed by atoms with Crippen LogP contribution < -0.4 is 9.64 Å². The highest BCUT2D eigenvalue weighted by Crippen LogP contribution is 2.33. The highest BCUT2D eigenvalue weighted by Gasteiger charge is 2.29. The van der Waals surface area contributed by atoms with E-state index < -0.39 is 0 Å². The van der Waals surface area contributed by atoms with Crippen molar-refractivity contribution in [2.45, 2.75) is 46.1 Å². The molecule has 3 heterocycles. The minimum Gasteiger partial charge on any atom is -0.484 e. The molecule has 2 aromatic carbocycles. The number of aromatic nitrogens is 3. The lowest BCUT2D eigenvalue weighted by atomic mass is 9.97. The van der Waals surface area contributed by atoms with Crippen molar-refractivity contribution in [3.8, 4) is 23.2 Å². The summed E-state index contributed by atoms with van der Waals surface area (Å²) >= 11 is 0. The Balaban J connectivity index is 1.22. The van der Waals surface area contributed by atoms with Gasteiger partial charge in [-0.25, -0.2) is 0 Å². The molecule has 0 atom stereocenters. The standard InChI is InChI=1S/C27H27N5O3/c1-17-4-7-20(8-5-17)25-30-26(35-31-25)21-10-12-32(13-11-21)27-22(15-28)29-24(34-27)16-33-23-9-6-18(2)14-19(23)3/h4-9,14,21H,10-13,16H2,1-3H3. The largest absolute Gasteiger partial charge is 0.484 e. The Labute approximate surface area is 204 Å². The lowest BCUT2D eigenvalue weighted by Gasteiger charge is -2.29.